The average Bonchev–Trinajstić information content (AvgIpc) is 3.05. The number of aryl methyl sites for hydroxylation is 2. The SMILES string of the molecule is Cc1ccc(C(Cl)C(=O)NC2CC2)cc1C. The van der Waals surface area contributed by atoms with E-state index in [1.165, 1.54) is 11.1 Å². The molecule has 1 unspecified atom stereocenters. The predicted molar refractivity (Wildman–Crippen MR) is 65.7 cm³/mol. The van der Waals surface area contributed by atoms with E-state index in [1.807, 2.05) is 32.0 Å². The second-order valence-corrected chi connectivity index (χ2v) is 4.93. The Kier molecular flexibility index (Phi) is 3.20. The first-order valence-corrected chi connectivity index (χ1v) is 6.03. The molecule has 0 aliphatic heterocycles. The van der Waals surface area contributed by atoms with Gasteiger partial charge >= 0.3 is 0 Å². The third kappa shape index (κ3) is 2.56. The van der Waals surface area contributed by atoms with Crippen molar-refractivity contribution < 1.29 is 4.79 Å². The fourth-order valence-electron chi connectivity index (χ4n) is 1.58. The van der Waals surface area contributed by atoms with E-state index in [-0.39, 0.29) is 5.91 Å². The Balaban J connectivity index is 2.09. The number of halogens is 1. The van der Waals surface area contributed by atoms with Gasteiger partial charge in [0.05, 0.1) is 0 Å². The summed E-state index contributed by atoms with van der Waals surface area (Å²) >= 11 is 6.14. The monoisotopic (exact) mass is 237 g/mol. The fraction of sp³-hybridized carbons (Fsp3) is 0.462. The topological polar surface area (TPSA) is 29.1 Å². The molecule has 1 fully saturated rings. The van der Waals surface area contributed by atoms with Crippen molar-refractivity contribution in [3.63, 3.8) is 0 Å². The minimum absolute atomic E-state index is 0.0765. The van der Waals surface area contributed by atoms with E-state index in [2.05, 4.69) is 5.32 Å². The van der Waals surface area contributed by atoms with Crippen LogP contribution in [-0.2, 0) is 4.79 Å². The van der Waals surface area contributed by atoms with Crippen LogP contribution in [-0.4, -0.2) is 11.9 Å². The lowest BCUT2D eigenvalue weighted by Gasteiger charge is -2.11. The lowest BCUT2D eigenvalue weighted by atomic mass is 10.0. The van der Waals surface area contributed by atoms with Crippen molar-refractivity contribution in [3.8, 4) is 0 Å². The average molecular weight is 238 g/mol. The third-order valence-electron chi connectivity index (χ3n) is 2.98. The molecule has 0 heterocycles. The molecule has 1 saturated carbocycles. The zero-order valence-corrected chi connectivity index (χ0v) is 10.3. The second kappa shape index (κ2) is 4.46. The highest BCUT2D eigenvalue weighted by Gasteiger charge is 2.27. The van der Waals surface area contributed by atoms with E-state index in [0.29, 0.717) is 6.04 Å². The zero-order valence-electron chi connectivity index (χ0n) is 9.59. The van der Waals surface area contributed by atoms with Crippen LogP contribution in [0, 0.1) is 13.8 Å². The first-order valence-electron chi connectivity index (χ1n) is 5.59. The Bertz CT molecular complexity index is 412. The number of nitrogens with one attached hydrogen (secondary N) is 1. The molecule has 0 bridgehead atoms. The lowest BCUT2D eigenvalue weighted by molar-refractivity contribution is -0.121. The molecule has 1 aromatic carbocycles. The van der Waals surface area contributed by atoms with Gasteiger partial charge in [-0.25, -0.2) is 0 Å². The van der Waals surface area contributed by atoms with Crippen molar-refractivity contribution in [2.45, 2.75) is 38.1 Å². The Hall–Kier alpha value is -1.02. The Morgan fingerprint density at radius 3 is 2.62 bits per heavy atom. The molecule has 1 aliphatic carbocycles. The Morgan fingerprint density at radius 2 is 2.06 bits per heavy atom. The van der Waals surface area contributed by atoms with E-state index < -0.39 is 5.38 Å². The molecule has 1 N–H and O–H groups in total. The summed E-state index contributed by atoms with van der Waals surface area (Å²) in [5, 5.41) is 2.35. The summed E-state index contributed by atoms with van der Waals surface area (Å²) in [6.07, 6.45) is 2.17. The first-order chi connectivity index (χ1) is 7.58. The van der Waals surface area contributed by atoms with Gasteiger partial charge in [0.2, 0.25) is 5.91 Å². The summed E-state index contributed by atoms with van der Waals surface area (Å²) in [5.74, 6) is -0.0765. The first kappa shape index (κ1) is 11.5. The molecule has 1 aromatic rings. The summed E-state index contributed by atoms with van der Waals surface area (Å²) in [5.41, 5.74) is 3.26. The van der Waals surface area contributed by atoms with Gasteiger partial charge in [-0.15, -0.1) is 11.6 Å². The number of hydrogen-bond donors (Lipinski definition) is 1. The summed E-state index contributed by atoms with van der Waals surface area (Å²) in [7, 11) is 0. The lowest BCUT2D eigenvalue weighted by Crippen LogP contribution is -2.28. The number of alkyl halides is 1. The highest BCUT2D eigenvalue weighted by molar-refractivity contribution is 6.30. The Morgan fingerprint density at radius 1 is 1.38 bits per heavy atom. The van der Waals surface area contributed by atoms with Gasteiger partial charge in [-0.1, -0.05) is 18.2 Å². The molecule has 0 radical (unpaired) electrons. The van der Waals surface area contributed by atoms with Gasteiger partial charge in [0.25, 0.3) is 0 Å². The van der Waals surface area contributed by atoms with Gasteiger partial charge in [0, 0.05) is 6.04 Å². The van der Waals surface area contributed by atoms with Crippen LogP contribution in [0.3, 0.4) is 0 Å². The standard InChI is InChI=1S/C13H16ClNO/c1-8-3-4-10(7-9(8)2)12(14)13(16)15-11-5-6-11/h3-4,7,11-12H,5-6H2,1-2H3,(H,15,16). The molecule has 0 saturated heterocycles. The van der Waals surface area contributed by atoms with Crippen molar-refractivity contribution in [2.24, 2.45) is 0 Å². The molecule has 86 valence electrons. The summed E-state index contributed by atoms with van der Waals surface area (Å²) < 4.78 is 0. The molecular weight excluding hydrogens is 222 g/mol. The molecule has 1 amide bonds. The largest absolute Gasteiger partial charge is 0.352 e. The normalized spacial score (nSPS) is 16.9. The highest BCUT2D eigenvalue weighted by atomic mass is 35.5. The summed E-state index contributed by atoms with van der Waals surface area (Å²) in [4.78, 5) is 11.7. The molecule has 2 nitrogen and oxygen atoms in total. The molecule has 1 aliphatic rings. The minimum atomic E-state index is -0.570. The van der Waals surface area contributed by atoms with Crippen LogP contribution in [0.1, 0.15) is 34.9 Å². The van der Waals surface area contributed by atoms with E-state index in [1.54, 1.807) is 0 Å². The van der Waals surface area contributed by atoms with Crippen LogP contribution in [0.4, 0.5) is 0 Å². The van der Waals surface area contributed by atoms with Crippen molar-refractivity contribution >= 4 is 17.5 Å². The van der Waals surface area contributed by atoms with Crippen LogP contribution in [0.25, 0.3) is 0 Å². The highest BCUT2D eigenvalue weighted by Crippen LogP contribution is 2.25. The van der Waals surface area contributed by atoms with Gasteiger partial charge in [-0.2, -0.15) is 0 Å². The van der Waals surface area contributed by atoms with Crippen molar-refractivity contribution in [3.05, 3.63) is 34.9 Å². The summed E-state index contributed by atoms with van der Waals surface area (Å²) in [6.45, 7) is 4.08. The zero-order chi connectivity index (χ0) is 11.7. The molecule has 16 heavy (non-hydrogen) atoms. The van der Waals surface area contributed by atoms with Gasteiger partial charge < -0.3 is 5.32 Å². The number of carbonyl (C=O) groups excluding carboxylic acids is 1. The van der Waals surface area contributed by atoms with Gasteiger partial charge in [-0.05, 0) is 43.4 Å². The number of amides is 1. The maximum absolute atomic E-state index is 11.7. The maximum atomic E-state index is 11.7. The predicted octanol–water partition coefficient (Wildman–Crippen LogP) is 2.86. The fourth-order valence-corrected chi connectivity index (χ4v) is 1.77. The Labute approximate surface area is 101 Å². The van der Waals surface area contributed by atoms with Crippen LogP contribution in [0.15, 0.2) is 18.2 Å². The van der Waals surface area contributed by atoms with Gasteiger partial charge in [-0.3, -0.25) is 4.79 Å². The number of hydrogen-bond acceptors (Lipinski definition) is 1. The molecule has 0 aromatic heterocycles. The van der Waals surface area contributed by atoms with Crippen molar-refractivity contribution in [1.29, 1.82) is 0 Å². The van der Waals surface area contributed by atoms with E-state index in [4.69, 9.17) is 11.6 Å². The van der Waals surface area contributed by atoms with E-state index in [9.17, 15) is 4.79 Å². The number of benzene rings is 1. The van der Waals surface area contributed by atoms with Crippen molar-refractivity contribution in [1.82, 2.24) is 5.32 Å². The molecule has 3 heteroatoms. The summed E-state index contributed by atoms with van der Waals surface area (Å²) in [6, 6.07) is 6.27. The van der Waals surface area contributed by atoms with Crippen LogP contribution < -0.4 is 5.32 Å². The van der Waals surface area contributed by atoms with Crippen LogP contribution in [0.5, 0.6) is 0 Å². The second-order valence-electron chi connectivity index (χ2n) is 4.49. The quantitative estimate of drug-likeness (QED) is 0.805. The smallest absolute Gasteiger partial charge is 0.242 e. The van der Waals surface area contributed by atoms with Crippen LogP contribution in [0.2, 0.25) is 0 Å². The van der Waals surface area contributed by atoms with E-state index in [0.717, 1.165) is 18.4 Å². The third-order valence-corrected chi connectivity index (χ3v) is 3.43. The van der Waals surface area contributed by atoms with E-state index >= 15 is 0 Å². The van der Waals surface area contributed by atoms with Gasteiger partial charge in [0.1, 0.15) is 5.38 Å². The molecule has 2 rings (SSSR count). The van der Waals surface area contributed by atoms with Crippen molar-refractivity contribution in [2.75, 3.05) is 0 Å². The van der Waals surface area contributed by atoms with Gasteiger partial charge in [0.15, 0.2) is 0 Å². The number of rotatable bonds is 3. The van der Waals surface area contributed by atoms with Crippen LogP contribution >= 0.6 is 11.6 Å². The molecular formula is C13H16ClNO. The molecule has 0 spiro atoms. The minimum Gasteiger partial charge on any atom is -0.352 e. The number of carbonyl (C=O) groups is 1. The maximum Gasteiger partial charge on any atom is 0.242 e. The molecule has 1 atom stereocenters.